The summed E-state index contributed by atoms with van der Waals surface area (Å²) in [5.74, 6) is -0.338. The molecule has 0 spiro atoms. The number of primary amides is 1. The Morgan fingerprint density at radius 1 is 1.15 bits per heavy atom. The number of amides is 2. The van der Waals surface area contributed by atoms with Gasteiger partial charge in [-0.1, -0.05) is 20.8 Å². The molecule has 2 unspecified atom stereocenters. The Balaban J connectivity index is 1.53. The smallest absolute Gasteiger partial charge is 0.256 e. The van der Waals surface area contributed by atoms with Crippen LogP contribution >= 0.6 is 11.3 Å². The van der Waals surface area contributed by atoms with Crippen molar-refractivity contribution in [2.24, 2.45) is 17.6 Å². The summed E-state index contributed by atoms with van der Waals surface area (Å²) in [4.78, 5) is 28.6. The van der Waals surface area contributed by atoms with E-state index in [1.807, 2.05) is 0 Å². The maximum absolute atomic E-state index is 13.1. The van der Waals surface area contributed by atoms with E-state index in [2.05, 4.69) is 31.0 Å². The van der Waals surface area contributed by atoms with Gasteiger partial charge in [-0.05, 0) is 61.1 Å². The Morgan fingerprint density at radius 2 is 1.79 bits per heavy atom. The van der Waals surface area contributed by atoms with Gasteiger partial charge in [0.2, 0.25) is 10.0 Å². The van der Waals surface area contributed by atoms with Gasteiger partial charge in [0.1, 0.15) is 5.00 Å². The molecular weight excluding hydrogens is 472 g/mol. The van der Waals surface area contributed by atoms with E-state index in [4.69, 9.17) is 5.73 Å². The molecule has 0 aliphatic carbocycles. The second-order valence-corrected chi connectivity index (χ2v) is 12.5. The number of nitrogens with one attached hydrogen (secondary N) is 1. The molecule has 184 valence electrons. The SMILES string of the molecule is CCN1CCc2c(sc(NC(=O)c3ccc(S(=O)(=O)N4CC(C)CC(C)C4)cc3)c2C(N)=O)C1. The first-order chi connectivity index (χ1) is 16.1. The maximum Gasteiger partial charge on any atom is 0.256 e. The van der Waals surface area contributed by atoms with E-state index in [-0.39, 0.29) is 4.90 Å². The van der Waals surface area contributed by atoms with Crippen LogP contribution in [0.2, 0.25) is 0 Å². The van der Waals surface area contributed by atoms with Crippen molar-refractivity contribution in [3.8, 4) is 0 Å². The van der Waals surface area contributed by atoms with E-state index < -0.39 is 21.8 Å². The van der Waals surface area contributed by atoms with E-state index in [1.165, 1.54) is 39.9 Å². The first kappa shape index (κ1) is 24.8. The largest absolute Gasteiger partial charge is 0.365 e. The number of carbonyl (C=O) groups excluding carboxylic acids is 2. The van der Waals surface area contributed by atoms with Crippen LogP contribution in [0.25, 0.3) is 0 Å². The van der Waals surface area contributed by atoms with Crippen molar-refractivity contribution in [1.82, 2.24) is 9.21 Å². The highest BCUT2D eigenvalue weighted by Gasteiger charge is 2.32. The van der Waals surface area contributed by atoms with Crippen LogP contribution in [-0.4, -0.2) is 55.6 Å². The van der Waals surface area contributed by atoms with Gasteiger partial charge in [0.05, 0.1) is 10.5 Å². The van der Waals surface area contributed by atoms with Gasteiger partial charge in [-0.2, -0.15) is 4.31 Å². The van der Waals surface area contributed by atoms with Crippen LogP contribution in [0, 0.1) is 11.8 Å². The Labute approximate surface area is 205 Å². The number of piperidine rings is 1. The summed E-state index contributed by atoms with van der Waals surface area (Å²) in [5, 5.41) is 3.28. The molecule has 2 amide bonds. The van der Waals surface area contributed by atoms with Gasteiger partial charge in [0, 0.05) is 36.6 Å². The van der Waals surface area contributed by atoms with E-state index >= 15 is 0 Å². The summed E-state index contributed by atoms with van der Waals surface area (Å²) in [6.07, 6.45) is 1.73. The first-order valence-corrected chi connectivity index (χ1v) is 13.9. The molecule has 0 radical (unpaired) electrons. The molecule has 8 nitrogen and oxygen atoms in total. The van der Waals surface area contributed by atoms with Crippen molar-refractivity contribution in [3.63, 3.8) is 0 Å². The number of carbonyl (C=O) groups is 2. The number of hydrogen-bond donors (Lipinski definition) is 2. The molecule has 2 aliphatic heterocycles. The van der Waals surface area contributed by atoms with Crippen LogP contribution in [0.15, 0.2) is 29.2 Å². The van der Waals surface area contributed by atoms with E-state index in [1.54, 1.807) is 0 Å². The van der Waals surface area contributed by atoms with Crippen LogP contribution in [0.5, 0.6) is 0 Å². The third-order valence-electron chi connectivity index (χ3n) is 6.65. The molecule has 3 N–H and O–H groups in total. The molecule has 2 atom stereocenters. The quantitative estimate of drug-likeness (QED) is 0.628. The summed E-state index contributed by atoms with van der Waals surface area (Å²) in [6.45, 7) is 9.71. The van der Waals surface area contributed by atoms with Crippen molar-refractivity contribution >= 4 is 38.2 Å². The zero-order chi connectivity index (χ0) is 24.6. The minimum atomic E-state index is -3.62. The minimum absolute atomic E-state index is 0.175. The Hall–Kier alpha value is -2.27. The molecule has 0 bridgehead atoms. The number of sulfonamides is 1. The van der Waals surface area contributed by atoms with E-state index in [9.17, 15) is 18.0 Å². The Bertz CT molecular complexity index is 1180. The Kier molecular flexibility index (Phi) is 7.14. The number of fused-ring (bicyclic) bond motifs is 1. The van der Waals surface area contributed by atoms with Crippen molar-refractivity contribution < 1.29 is 18.0 Å². The highest BCUT2D eigenvalue weighted by Crippen LogP contribution is 2.37. The van der Waals surface area contributed by atoms with Gasteiger partial charge < -0.3 is 11.1 Å². The molecule has 34 heavy (non-hydrogen) atoms. The normalized spacial score (nSPS) is 21.7. The molecule has 4 rings (SSSR count). The average Bonchev–Trinajstić information content (AvgIpc) is 3.15. The lowest BCUT2D eigenvalue weighted by molar-refractivity contribution is 0.1000. The lowest BCUT2D eigenvalue weighted by atomic mass is 9.94. The fraction of sp³-hybridized carbons (Fsp3) is 0.500. The third-order valence-corrected chi connectivity index (χ3v) is 9.62. The second kappa shape index (κ2) is 9.77. The van der Waals surface area contributed by atoms with Crippen molar-refractivity contribution in [2.75, 3.05) is 31.5 Å². The fourth-order valence-corrected chi connectivity index (χ4v) is 7.95. The molecule has 0 saturated carbocycles. The summed E-state index contributed by atoms with van der Waals surface area (Å²) in [6, 6.07) is 5.97. The number of nitrogens with two attached hydrogens (primary N) is 1. The fourth-order valence-electron chi connectivity index (χ4n) is 4.98. The molecule has 1 saturated heterocycles. The molecule has 1 aromatic heterocycles. The number of rotatable bonds is 6. The highest BCUT2D eigenvalue weighted by molar-refractivity contribution is 7.89. The van der Waals surface area contributed by atoms with Crippen molar-refractivity contribution in [1.29, 1.82) is 0 Å². The number of benzene rings is 1. The van der Waals surface area contributed by atoms with Crippen molar-refractivity contribution in [3.05, 3.63) is 45.8 Å². The van der Waals surface area contributed by atoms with Gasteiger partial charge in [-0.25, -0.2) is 8.42 Å². The Morgan fingerprint density at radius 3 is 2.38 bits per heavy atom. The van der Waals surface area contributed by atoms with Crippen LogP contribution in [0.1, 0.15) is 58.3 Å². The molecule has 1 aromatic carbocycles. The van der Waals surface area contributed by atoms with Gasteiger partial charge in [0.25, 0.3) is 11.8 Å². The average molecular weight is 505 g/mol. The van der Waals surface area contributed by atoms with Crippen LogP contribution in [-0.2, 0) is 23.0 Å². The molecule has 1 fully saturated rings. The molecule has 2 aliphatic rings. The van der Waals surface area contributed by atoms with Gasteiger partial charge in [0.15, 0.2) is 0 Å². The molecular formula is C24H32N4O4S2. The number of nitrogens with zero attached hydrogens (tertiary/aromatic N) is 2. The highest BCUT2D eigenvalue weighted by atomic mass is 32.2. The number of thiophene rings is 1. The van der Waals surface area contributed by atoms with Gasteiger partial charge >= 0.3 is 0 Å². The maximum atomic E-state index is 13.1. The summed E-state index contributed by atoms with van der Waals surface area (Å²) >= 11 is 1.38. The van der Waals surface area contributed by atoms with Crippen molar-refractivity contribution in [2.45, 2.75) is 45.1 Å². The van der Waals surface area contributed by atoms with Gasteiger partial charge in [-0.3, -0.25) is 14.5 Å². The zero-order valence-corrected chi connectivity index (χ0v) is 21.5. The standard InChI is InChI=1S/C24H32N4O4S2/c1-4-27-10-9-19-20(14-27)33-24(21(19)22(25)29)26-23(30)17-5-7-18(8-6-17)34(31,32)28-12-15(2)11-16(3)13-28/h5-8,15-16H,4,9-14H2,1-3H3,(H2,25,29)(H,26,30). The third kappa shape index (κ3) is 4.91. The van der Waals surface area contributed by atoms with E-state index in [0.29, 0.717) is 47.5 Å². The zero-order valence-electron chi connectivity index (χ0n) is 19.8. The molecule has 3 heterocycles. The predicted octanol–water partition coefficient (Wildman–Crippen LogP) is 3.14. The number of anilines is 1. The van der Waals surface area contributed by atoms with Crippen LogP contribution in [0.3, 0.4) is 0 Å². The summed E-state index contributed by atoms with van der Waals surface area (Å²) < 4.78 is 27.7. The lowest BCUT2D eigenvalue weighted by Gasteiger charge is -2.34. The number of hydrogen-bond acceptors (Lipinski definition) is 6. The molecule has 2 aromatic rings. The summed E-state index contributed by atoms with van der Waals surface area (Å²) in [5.41, 5.74) is 7.28. The van der Waals surface area contributed by atoms with Gasteiger partial charge in [-0.15, -0.1) is 11.3 Å². The predicted molar refractivity (Wildman–Crippen MR) is 134 cm³/mol. The molecule has 10 heteroatoms. The second-order valence-electron chi connectivity index (χ2n) is 9.44. The topological polar surface area (TPSA) is 113 Å². The van der Waals surface area contributed by atoms with E-state index in [0.717, 1.165) is 36.5 Å². The lowest BCUT2D eigenvalue weighted by Crippen LogP contribution is -2.42. The first-order valence-electron chi connectivity index (χ1n) is 11.7. The number of likely N-dealkylation sites (N-methyl/N-ethyl adjacent to an activating group) is 1. The van der Waals surface area contributed by atoms with Crippen LogP contribution < -0.4 is 11.1 Å². The van der Waals surface area contributed by atoms with Crippen LogP contribution in [0.4, 0.5) is 5.00 Å². The minimum Gasteiger partial charge on any atom is -0.365 e. The monoisotopic (exact) mass is 504 g/mol. The summed E-state index contributed by atoms with van der Waals surface area (Å²) in [7, 11) is -3.62.